The van der Waals surface area contributed by atoms with E-state index in [4.69, 9.17) is 4.74 Å². The zero-order valence-corrected chi connectivity index (χ0v) is 11.7. The van der Waals surface area contributed by atoms with Crippen molar-refractivity contribution in [3.05, 3.63) is 0 Å². The Hall–Kier alpha value is -0.120. The molecule has 3 aliphatic rings. The number of fused-ring (bicyclic) bond motifs is 1. The van der Waals surface area contributed by atoms with Crippen LogP contribution in [0.3, 0.4) is 0 Å². The molecule has 1 aliphatic carbocycles. The first-order valence-corrected chi connectivity index (χ1v) is 7.95. The molecule has 0 aromatic carbocycles. The Kier molecular flexibility index (Phi) is 4.22. The van der Waals surface area contributed by atoms with E-state index in [1.54, 1.807) is 0 Å². The van der Waals surface area contributed by atoms with Crippen molar-refractivity contribution in [3.8, 4) is 0 Å². The lowest BCUT2D eigenvalue weighted by atomic mass is 9.85. The van der Waals surface area contributed by atoms with Crippen LogP contribution in [0.5, 0.6) is 0 Å². The van der Waals surface area contributed by atoms with E-state index in [1.165, 1.54) is 38.6 Å². The van der Waals surface area contributed by atoms with Gasteiger partial charge in [0.15, 0.2) is 0 Å². The Labute approximate surface area is 111 Å². The molecule has 0 amide bonds. The number of ether oxygens (including phenoxy) is 1. The largest absolute Gasteiger partial charge is 0.376 e. The third-order valence-electron chi connectivity index (χ3n) is 5.10. The molecule has 18 heavy (non-hydrogen) atoms. The first kappa shape index (κ1) is 12.9. The molecule has 3 rings (SSSR count). The Morgan fingerprint density at radius 1 is 1.28 bits per heavy atom. The summed E-state index contributed by atoms with van der Waals surface area (Å²) in [5.41, 5.74) is 0. The van der Waals surface area contributed by atoms with Crippen molar-refractivity contribution >= 4 is 0 Å². The molecule has 0 bridgehead atoms. The SMILES string of the molecule is CCC1CN(CC2CC3CCCCC3N2)CCO1. The molecule has 1 saturated carbocycles. The van der Waals surface area contributed by atoms with Gasteiger partial charge in [-0.05, 0) is 31.6 Å². The molecule has 4 atom stereocenters. The summed E-state index contributed by atoms with van der Waals surface area (Å²) >= 11 is 0. The summed E-state index contributed by atoms with van der Waals surface area (Å²) in [6, 6.07) is 1.58. The fourth-order valence-corrected chi connectivity index (χ4v) is 4.08. The standard InChI is InChI=1S/C15H28N2O/c1-2-14-11-17(7-8-18-14)10-13-9-12-5-3-4-6-15(12)16-13/h12-16H,2-11H2,1H3. The van der Waals surface area contributed by atoms with Gasteiger partial charge < -0.3 is 10.1 Å². The van der Waals surface area contributed by atoms with Crippen LogP contribution in [0.1, 0.15) is 45.4 Å². The minimum atomic E-state index is 0.474. The van der Waals surface area contributed by atoms with Crippen molar-refractivity contribution < 1.29 is 4.74 Å². The molecule has 2 saturated heterocycles. The zero-order chi connectivity index (χ0) is 12.4. The van der Waals surface area contributed by atoms with Gasteiger partial charge in [0.25, 0.3) is 0 Å². The van der Waals surface area contributed by atoms with Gasteiger partial charge in [-0.3, -0.25) is 4.90 Å². The summed E-state index contributed by atoms with van der Waals surface area (Å²) in [7, 11) is 0. The number of morpholine rings is 1. The number of nitrogens with one attached hydrogen (secondary N) is 1. The van der Waals surface area contributed by atoms with Crippen LogP contribution < -0.4 is 5.32 Å². The van der Waals surface area contributed by atoms with E-state index in [0.717, 1.165) is 44.1 Å². The maximum atomic E-state index is 5.75. The average Bonchev–Trinajstić information content (AvgIpc) is 2.81. The van der Waals surface area contributed by atoms with Gasteiger partial charge in [-0.2, -0.15) is 0 Å². The van der Waals surface area contributed by atoms with Crippen LogP contribution >= 0.6 is 0 Å². The predicted octanol–water partition coefficient (Wildman–Crippen LogP) is 2.02. The molecule has 0 aromatic heterocycles. The summed E-state index contributed by atoms with van der Waals surface area (Å²) in [5.74, 6) is 0.978. The lowest BCUT2D eigenvalue weighted by Crippen LogP contribution is -2.47. The first-order chi connectivity index (χ1) is 8.85. The van der Waals surface area contributed by atoms with Gasteiger partial charge in [0, 0.05) is 31.7 Å². The monoisotopic (exact) mass is 252 g/mol. The first-order valence-electron chi connectivity index (χ1n) is 7.95. The van der Waals surface area contributed by atoms with Gasteiger partial charge in [0.2, 0.25) is 0 Å². The average molecular weight is 252 g/mol. The Morgan fingerprint density at radius 2 is 2.17 bits per heavy atom. The molecule has 104 valence electrons. The summed E-state index contributed by atoms with van der Waals surface area (Å²) in [6.45, 7) is 6.68. The maximum Gasteiger partial charge on any atom is 0.0700 e. The molecule has 0 aromatic rings. The van der Waals surface area contributed by atoms with E-state index in [9.17, 15) is 0 Å². The number of rotatable bonds is 3. The number of nitrogens with zero attached hydrogens (tertiary/aromatic N) is 1. The fourth-order valence-electron chi connectivity index (χ4n) is 4.08. The van der Waals surface area contributed by atoms with E-state index < -0.39 is 0 Å². The molecule has 3 heteroatoms. The van der Waals surface area contributed by atoms with Crippen molar-refractivity contribution in [2.75, 3.05) is 26.2 Å². The molecule has 0 spiro atoms. The molecular formula is C15H28N2O. The third-order valence-corrected chi connectivity index (χ3v) is 5.10. The second-order valence-electron chi connectivity index (χ2n) is 6.41. The van der Waals surface area contributed by atoms with Gasteiger partial charge in [-0.15, -0.1) is 0 Å². The van der Waals surface area contributed by atoms with E-state index in [2.05, 4.69) is 17.1 Å². The Bertz CT molecular complexity index is 257. The lowest BCUT2D eigenvalue weighted by molar-refractivity contribution is -0.0317. The topological polar surface area (TPSA) is 24.5 Å². The summed E-state index contributed by atoms with van der Waals surface area (Å²) < 4.78 is 5.75. The molecular weight excluding hydrogens is 224 g/mol. The second-order valence-corrected chi connectivity index (χ2v) is 6.41. The lowest BCUT2D eigenvalue weighted by Gasteiger charge is -2.34. The molecule has 4 unspecified atom stereocenters. The quantitative estimate of drug-likeness (QED) is 0.831. The van der Waals surface area contributed by atoms with Crippen molar-refractivity contribution in [1.82, 2.24) is 10.2 Å². The van der Waals surface area contributed by atoms with Crippen LogP contribution in [0.25, 0.3) is 0 Å². The van der Waals surface area contributed by atoms with Crippen LogP contribution in [0.4, 0.5) is 0 Å². The fraction of sp³-hybridized carbons (Fsp3) is 1.00. The van der Waals surface area contributed by atoms with Gasteiger partial charge >= 0.3 is 0 Å². The highest BCUT2D eigenvalue weighted by Gasteiger charge is 2.36. The minimum absolute atomic E-state index is 0.474. The van der Waals surface area contributed by atoms with E-state index in [0.29, 0.717) is 6.10 Å². The van der Waals surface area contributed by atoms with Gasteiger partial charge in [0.05, 0.1) is 12.7 Å². The highest BCUT2D eigenvalue weighted by atomic mass is 16.5. The molecule has 2 aliphatic heterocycles. The maximum absolute atomic E-state index is 5.75. The van der Waals surface area contributed by atoms with E-state index >= 15 is 0 Å². The molecule has 0 radical (unpaired) electrons. The van der Waals surface area contributed by atoms with Crippen LogP contribution in [0.2, 0.25) is 0 Å². The van der Waals surface area contributed by atoms with Crippen LogP contribution in [0, 0.1) is 5.92 Å². The summed E-state index contributed by atoms with van der Waals surface area (Å²) in [4.78, 5) is 2.62. The van der Waals surface area contributed by atoms with Crippen LogP contribution in [0.15, 0.2) is 0 Å². The third kappa shape index (κ3) is 2.89. The molecule has 2 heterocycles. The van der Waals surface area contributed by atoms with Crippen molar-refractivity contribution in [1.29, 1.82) is 0 Å². The molecule has 3 fully saturated rings. The Balaban J connectivity index is 1.48. The highest BCUT2D eigenvalue weighted by Crippen LogP contribution is 2.33. The minimum Gasteiger partial charge on any atom is -0.376 e. The van der Waals surface area contributed by atoms with E-state index in [1.807, 2.05) is 0 Å². The second kappa shape index (κ2) is 5.89. The van der Waals surface area contributed by atoms with Gasteiger partial charge in [-0.1, -0.05) is 19.8 Å². The molecule has 1 N–H and O–H groups in total. The van der Waals surface area contributed by atoms with Crippen LogP contribution in [-0.4, -0.2) is 49.3 Å². The normalized spacial score (nSPS) is 41.8. The van der Waals surface area contributed by atoms with Gasteiger partial charge in [-0.25, -0.2) is 0 Å². The summed E-state index contributed by atoms with van der Waals surface area (Å²) in [5, 5.41) is 3.89. The Morgan fingerprint density at radius 3 is 3.00 bits per heavy atom. The number of hydrogen-bond donors (Lipinski definition) is 1. The van der Waals surface area contributed by atoms with Gasteiger partial charge in [0.1, 0.15) is 0 Å². The summed E-state index contributed by atoms with van der Waals surface area (Å²) in [6.07, 6.45) is 8.83. The smallest absolute Gasteiger partial charge is 0.0700 e. The van der Waals surface area contributed by atoms with E-state index in [-0.39, 0.29) is 0 Å². The molecule has 3 nitrogen and oxygen atoms in total. The van der Waals surface area contributed by atoms with Crippen LogP contribution in [-0.2, 0) is 4.74 Å². The number of hydrogen-bond acceptors (Lipinski definition) is 3. The predicted molar refractivity (Wildman–Crippen MR) is 73.8 cm³/mol. The van der Waals surface area contributed by atoms with Crippen molar-refractivity contribution in [2.45, 2.75) is 63.6 Å². The highest BCUT2D eigenvalue weighted by molar-refractivity contribution is 4.94. The van der Waals surface area contributed by atoms with Crippen molar-refractivity contribution in [2.24, 2.45) is 5.92 Å². The zero-order valence-electron chi connectivity index (χ0n) is 11.7. The van der Waals surface area contributed by atoms with Crippen molar-refractivity contribution in [3.63, 3.8) is 0 Å².